The van der Waals surface area contributed by atoms with Crippen LogP contribution in [0, 0.1) is 13.8 Å². The molecule has 0 unspecified atom stereocenters. The van der Waals surface area contributed by atoms with Crippen LogP contribution in [0.1, 0.15) is 22.7 Å². The quantitative estimate of drug-likeness (QED) is 0.652. The topological polar surface area (TPSA) is 78.4 Å². The average molecular weight is 347 g/mol. The first-order valence-electron chi connectivity index (χ1n) is 7.32. The zero-order valence-corrected chi connectivity index (χ0v) is 14.0. The summed E-state index contributed by atoms with van der Waals surface area (Å²) < 4.78 is 15.5. The van der Waals surface area contributed by atoms with Gasteiger partial charge in [-0.05, 0) is 38.1 Å². The minimum atomic E-state index is -0.375. The van der Waals surface area contributed by atoms with Gasteiger partial charge in [0, 0.05) is 22.2 Å². The molecule has 2 heterocycles. The van der Waals surface area contributed by atoms with Crippen molar-refractivity contribution < 1.29 is 18.6 Å². The summed E-state index contributed by atoms with van der Waals surface area (Å²) in [6, 6.07) is 8.92. The van der Waals surface area contributed by atoms with Crippen molar-refractivity contribution >= 4 is 17.6 Å². The summed E-state index contributed by atoms with van der Waals surface area (Å²) in [6.07, 6.45) is 0.114. The number of aryl methyl sites for hydroxylation is 2. The maximum Gasteiger partial charge on any atom is 0.310 e. The van der Waals surface area contributed by atoms with Gasteiger partial charge in [0.1, 0.15) is 18.1 Å². The Bertz CT molecular complexity index is 832. The second kappa shape index (κ2) is 6.88. The maximum atomic E-state index is 11.9. The van der Waals surface area contributed by atoms with Gasteiger partial charge in [-0.2, -0.15) is 0 Å². The van der Waals surface area contributed by atoms with Gasteiger partial charge in [0.2, 0.25) is 0 Å². The van der Waals surface area contributed by atoms with Crippen LogP contribution in [0.15, 0.2) is 39.4 Å². The molecule has 0 N–H and O–H groups in total. The predicted molar refractivity (Wildman–Crippen MR) is 86.4 cm³/mol. The molecular formula is C17H15ClN2O4. The van der Waals surface area contributed by atoms with Crippen LogP contribution in [0.4, 0.5) is 0 Å². The normalized spacial score (nSPS) is 10.8. The zero-order chi connectivity index (χ0) is 17.1. The van der Waals surface area contributed by atoms with Crippen molar-refractivity contribution in [1.29, 1.82) is 0 Å². The van der Waals surface area contributed by atoms with Crippen molar-refractivity contribution in [2.45, 2.75) is 26.9 Å². The summed E-state index contributed by atoms with van der Waals surface area (Å²) in [5.74, 6) is 0.833. The van der Waals surface area contributed by atoms with E-state index in [1.54, 1.807) is 32.0 Å². The molecule has 0 aliphatic rings. The van der Waals surface area contributed by atoms with E-state index < -0.39 is 0 Å². The molecule has 0 saturated heterocycles. The van der Waals surface area contributed by atoms with E-state index in [0.717, 1.165) is 11.1 Å². The Kier molecular flexibility index (Phi) is 4.66. The van der Waals surface area contributed by atoms with Crippen LogP contribution < -0.4 is 0 Å². The van der Waals surface area contributed by atoms with E-state index in [9.17, 15) is 4.79 Å². The van der Waals surface area contributed by atoms with Crippen LogP contribution in [0.25, 0.3) is 11.3 Å². The lowest BCUT2D eigenvalue weighted by Crippen LogP contribution is -2.09. The third-order valence-corrected chi connectivity index (χ3v) is 3.82. The first-order chi connectivity index (χ1) is 11.5. The van der Waals surface area contributed by atoms with Crippen molar-refractivity contribution in [2.24, 2.45) is 0 Å². The van der Waals surface area contributed by atoms with Gasteiger partial charge in [-0.1, -0.05) is 21.9 Å². The van der Waals surface area contributed by atoms with Gasteiger partial charge in [-0.15, -0.1) is 0 Å². The molecule has 7 heteroatoms. The number of benzene rings is 1. The molecule has 3 rings (SSSR count). The largest absolute Gasteiger partial charge is 0.459 e. The Hall–Kier alpha value is -2.60. The number of nitrogens with zero attached hydrogens (tertiary/aromatic N) is 2. The van der Waals surface area contributed by atoms with Crippen LogP contribution in [0.2, 0.25) is 5.02 Å². The molecule has 1 aromatic carbocycles. The Labute approximate surface area is 143 Å². The van der Waals surface area contributed by atoms with Gasteiger partial charge >= 0.3 is 5.97 Å². The molecule has 124 valence electrons. The van der Waals surface area contributed by atoms with Crippen LogP contribution in [0.5, 0.6) is 0 Å². The summed E-state index contributed by atoms with van der Waals surface area (Å²) in [7, 11) is 0. The number of rotatable bonds is 5. The molecule has 0 spiro atoms. The van der Waals surface area contributed by atoms with Gasteiger partial charge in [0.15, 0.2) is 5.76 Å². The smallest absolute Gasteiger partial charge is 0.310 e. The molecule has 0 atom stereocenters. The number of hydrogen-bond acceptors (Lipinski definition) is 6. The zero-order valence-electron chi connectivity index (χ0n) is 13.2. The molecule has 24 heavy (non-hydrogen) atoms. The highest BCUT2D eigenvalue weighted by molar-refractivity contribution is 6.30. The van der Waals surface area contributed by atoms with Crippen LogP contribution in [-0.2, 0) is 22.6 Å². The molecule has 0 amide bonds. The maximum absolute atomic E-state index is 11.9. The number of halogens is 1. The number of ether oxygens (including phenoxy) is 1. The second-order valence-electron chi connectivity index (χ2n) is 5.33. The summed E-state index contributed by atoms with van der Waals surface area (Å²) >= 11 is 5.85. The van der Waals surface area contributed by atoms with E-state index in [-0.39, 0.29) is 19.0 Å². The van der Waals surface area contributed by atoms with Crippen LogP contribution >= 0.6 is 11.6 Å². The van der Waals surface area contributed by atoms with E-state index in [4.69, 9.17) is 25.4 Å². The number of carbonyl (C=O) groups is 1. The SMILES string of the molecule is Cc1noc(C)c1CC(=O)OCc1cc(-c2ccc(Cl)cc2)on1. The fourth-order valence-electron chi connectivity index (χ4n) is 2.23. The van der Waals surface area contributed by atoms with E-state index in [1.807, 2.05) is 12.1 Å². The standard InChI is InChI=1S/C17H15ClN2O4/c1-10-15(11(2)23-19-10)8-17(21)22-9-14-7-16(24-20-14)12-3-5-13(18)6-4-12/h3-7H,8-9H2,1-2H3. The summed E-state index contributed by atoms with van der Waals surface area (Å²) in [6.45, 7) is 3.59. The van der Waals surface area contributed by atoms with Gasteiger partial charge in [0.05, 0.1) is 12.1 Å². The molecule has 0 saturated carbocycles. The highest BCUT2D eigenvalue weighted by Crippen LogP contribution is 2.22. The van der Waals surface area contributed by atoms with Gasteiger partial charge in [0.25, 0.3) is 0 Å². The lowest BCUT2D eigenvalue weighted by atomic mass is 10.1. The highest BCUT2D eigenvalue weighted by Gasteiger charge is 2.15. The molecule has 0 fully saturated rings. The Balaban J connectivity index is 1.59. The molecule has 0 radical (unpaired) electrons. The van der Waals surface area contributed by atoms with E-state index in [2.05, 4.69) is 10.3 Å². The third-order valence-electron chi connectivity index (χ3n) is 3.57. The van der Waals surface area contributed by atoms with Crippen molar-refractivity contribution in [3.8, 4) is 11.3 Å². The monoisotopic (exact) mass is 346 g/mol. The molecule has 3 aromatic rings. The summed E-state index contributed by atoms with van der Waals surface area (Å²) in [5, 5.41) is 8.36. The first kappa shape index (κ1) is 16.3. The van der Waals surface area contributed by atoms with Crippen LogP contribution in [0.3, 0.4) is 0 Å². The number of aromatic nitrogens is 2. The lowest BCUT2D eigenvalue weighted by Gasteiger charge is -2.02. The third kappa shape index (κ3) is 3.65. The Morgan fingerprint density at radius 2 is 1.92 bits per heavy atom. The number of hydrogen-bond donors (Lipinski definition) is 0. The fraction of sp³-hybridized carbons (Fsp3) is 0.235. The van der Waals surface area contributed by atoms with Crippen molar-refractivity contribution in [3.05, 3.63) is 58.1 Å². The predicted octanol–water partition coefficient (Wildman–Crippen LogP) is 3.89. The molecule has 2 aromatic heterocycles. The minimum Gasteiger partial charge on any atom is -0.459 e. The number of esters is 1. The Morgan fingerprint density at radius 3 is 2.58 bits per heavy atom. The van der Waals surface area contributed by atoms with Crippen molar-refractivity contribution in [2.75, 3.05) is 0 Å². The Morgan fingerprint density at radius 1 is 1.17 bits per heavy atom. The molecule has 6 nitrogen and oxygen atoms in total. The molecular weight excluding hydrogens is 332 g/mol. The van der Waals surface area contributed by atoms with Crippen LogP contribution in [-0.4, -0.2) is 16.3 Å². The minimum absolute atomic E-state index is 0.0410. The van der Waals surface area contributed by atoms with Gasteiger partial charge in [-0.3, -0.25) is 4.79 Å². The van der Waals surface area contributed by atoms with Crippen molar-refractivity contribution in [1.82, 2.24) is 10.3 Å². The summed E-state index contributed by atoms with van der Waals surface area (Å²) in [5.41, 5.74) is 2.82. The van der Waals surface area contributed by atoms with E-state index in [1.165, 1.54) is 0 Å². The molecule has 0 aliphatic heterocycles. The van der Waals surface area contributed by atoms with Gasteiger partial charge in [-0.25, -0.2) is 0 Å². The van der Waals surface area contributed by atoms with Crippen molar-refractivity contribution in [3.63, 3.8) is 0 Å². The number of carbonyl (C=O) groups excluding carboxylic acids is 1. The van der Waals surface area contributed by atoms with Gasteiger partial charge < -0.3 is 13.8 Å². The molecule has 0 bridgehead atoms. The summed E-state index contributed by atoms with van der Waals surface area (Å²) in [4.78, 5) is 11.9. The van der Waals surface area contributed by atoms with E-state index in [0.29, 0.717) is 27.9 Å². The first-order valence-corrected chi connectivity index (χ1v) is 7.69. The second-order valence-corrected chi connectivity index (χ2v) is 5.77. The molecule has 0 aliphatic carbocycles. The van der Waals surface area contributed by atoms with E-state index >= 15 is 0 Å². The highest BCUT2D eigenvalue weighted by atomic mass is 35.5. The average Bonchev–Trinajstić information content (AvgIpc) is 3.16. The lowest BCUT2D eigenvalue weighted by molar-refractivity contribution is -0.144. The fourth-order valence-corrected chi connectivity index (χ4v) is 2.36.